The molecule has 1 amide bonds. The number of piperazine rings is 1. The van der Waals surface area contributed by atoms with Crippen LogP contribution in [0.2, 0.25) is 0 Å². The van der Waals surface area contributed by atoms with E-state index < -0.39 is 0 Å². The van der Waals surface area contributed by atoms with Crippen LogP contribution in [0.3, 0.4) is 0 Å². The molecule has 3 heterocycles. The van der Waals surface area contributed by atoms with Crippen molar-refractivity contribution in [1.82, 2.24) is 19.1 Å². The molecule has 0 saturated carbocycles. The van der Waals surface area contributed by atoms with Gasteiger partial charge in [0.25, 0.3) is 11.5 Å². The largest absolute Gasteiger partial charge is 0.495 e. The van der Waals surface area contributed by atoms with Crippen LogP contribution in [-0.2, 0) is 7.05 Å². The van der Waals surface area contributed by atoms with Gasteiger partial charge in [-0.25, -0.2) is 4.52 Å². The number of aromatic nitrogens is 3. The molecule has 0 bridgehead atoms. The molecule has 1 fully saturated rings. The number of fused-ring (bicyclic) bond motifs is 3. The van der Waals surface area contributed by atoms with Crippen molar-refractivity contribution >= 4 is 28.1 Å². The van der Waals surface area contributed by atoms with Gasteiger partial charge in [0.2, 0.25) is 0 Å². The van der Waals surface area contributed by atoms with Crippen molar-refractivity contribution in [2.45, 2.75) is 0 Å². The molecule has 2 aromatic heterocycles. The van der Waals surface area contributed by atoms with Crippen molar-refractivity contribution in [3.05, 3.63) is 70.6 Å². The second-order valence-corrected chi connectivity index (χ2v) is 7.65. The Balaban J connectivity index is 1.40. The molecule has 0 radical (unpaired) electrons. The van der Waals surface area contributed by atoms with Crippen LogP contribution in [-0.4, -0.2) is 58.3 Å². The summed E-state index contributed by atoms with van der Waals surface area (Å²) in [5, 5.41) is 4.26. The van der Waals surface area contributed by atoms with Gasteiger partial charge in [0, 0.05) is 38.8 Å². The van der Waals surface area contributed by atoms with Crippen LogP contribution < -0.4 is 15.2 Å². The van der Waals surface area contributed by atoms with Crippen LogP contribution in [0.4, 0.5) is 5.69 Å². The number of methoxy groups -OCH3 is 1. The number of hydrogen-bond acceptors (Lipinski definition) is 5. The number of para-hydroxylation sites is 2. The number of carbonyl (C=O) groups excluding carboxylic acids is 1. The Morgan fingerprint density at radius 1 is 0.968 bits per heavy atom. The molecule has 0 aliphatic carbocycles. The summed E-state index contributed by atoms with van der Waals surface area (Å²) in [5.74, 6) is 0.803. The first kappa shape index (κ1) is 19.2. The molecule has 4 aromatic rings. The van der Waals surface area contributed by atoms with E-state index in [2.05, 4.69) is 10.00 Å². The van der Waals surface area contributed by atoms with Gasteiger partial charge in [-0.1, -0.05) is 12.1 Å². The minimum absolute atomic E-state index is 0.0328. The number of amides is 1. The van der Waals surface area contributed by atoms with Crippen LogP contribution in [0.5, 0.6) is 5.75 Å². The smallest absolute Gasteiger partial charge is 0.276 e. The van der Waals surface area contributed by atoms with E-state index in [0.717, 1.165) is 30.0 Å². The normalized spacial score (nSPS) is 14.4. The molecule has 1 aliphatic heterocycles. The SMILES string of the molecule is COc1ccccc1N1CCN(C(=O)c2ccc3c(c2)n(C)c(=O)c2ccnn23)CC1. The lowest BCUT2D eigenvalue weighted by atomic mass is 10.1. The average Bonchev–Trinajstić information content (AvgIpc) is 3.32. The van der Waals surface area contributed by atoms with Crippen LogP contribution in [0.25, 0.3) is 16.6 Å². The fraction of sp³-hybridized carbons (Fsp3) is 0.261. The fourth-order valence-corrected chi connectivity index (χ4v) is 4.27. The first-order valence-corrected chi connectivity index (χ1v) is 10.2. The molecule has 0 unspecified atom stereocenters. The zero-order valence-corrected chi connectivity index (χ0v) is 17.5. The zero-order valence-electron chi connectivity index (χ0n) is 17.5. The minimum atomic E-state index is -0.139. The summed E-state index contributed by atoms with van der Waals surface area (Å²) in [6.07, 6.45) is 1.61. The molecule has 8 heteroatoms. The number of nitrogens with zero attached hydrogens (tertiary/aromatic N) is 5. The minimum Gasteiger partial charge on any atom is -0.495 e. The third-order valence-electron chi connectivity index (χ3n) is 5.97. The molecule has 0 N–H and O–H groups in total. The Kier molecular flexibility index (Phi) is 4.62. The van der Waals surface area contributed by atoms with Gasteiger partial charge in [0.05, 0.1) is 30.0 Å². The van der Waals surface area contributed by atoms with Crippen molar-refractivity contribution in [3.8, 4) is 5.75 Å². The number of rotatable bonds is 3. The fourth-order valence-electron chi connectivity index (χ4n) is 4.27. The van der Waals surface area contributed by atoms with Crippen molar-refractivity contribution < 1.29 is 9.53 Å². The van der Waals surface area contributed by atoms with Gasteiger partial charge < -0.3 is 19.1 Å². The van der Waals surface area contributed by atoms with E-state index in [1.165, 1.54) is 0 Å². The maximum absolute atomic E-state index is 13.2. The highest BCUT2D eigenvalue weighted by Crippen LogP contribution is 2.28. The van der Waals surface area contributed by atoms with E-state index in [0.29, 0.717) is 29.7 Å². The van der Waals surface area contributed by atoms with Crippen LogP contribution in [0, 0.1) is 0 Å². The van der Waals surface area contributed by atoms with Gasteiger partial charge in [-0.2, -0.15) is 5.10 Å². The molecule has 1 aliphatic rings. The molecular weight excluding hydrogens is 394 g/mol. The summed E-state index contributed by atoms with van der Waals surface area (Å²) >= 11 is 0. The molecule has 0 spiro atoms. The third-order valence-corrected chi connectivity index (χ3v) is 5.97. The number of anilines is 1. The Hall–Kier alpha value is -3.81. The average molecular weight is 417 g/mol. The van der Waals surface area contributed by atoms with Crippen molar-refractivity contribution in [2.24, 2.45) is 7.05 Å². The Bertz CT molecular complexity index is 1350. The number of benzene rings is 2. The molecule has 158 valence electrons. The summed E-state index contributed by atoms with van der Waals surface area (Å²) in [6.45, 7) is 2.69. The lowest BCUT2D eigenvalue weighted by molar-refractivity contribution is 0.0747. The van der Waals surface area contributed by atoms with Crippen molar-refractivity contribution in [3.63, 3.8) is 0 Å². The summed E-state index contributed by atoms with van der Waals surface area (Å²) in [4.78, 5) is 29.9. The highest BCUT2D eigenvalue weighted by atomic mass is 16.5. The molecule has 31 heavy (non-hydrogen) atoms. The third kappa shape index (κ3) is 3.11. The molecule has 5 rings (SSSR count). The van der Waals surface area contributed by atoms with E-state index in [-0.39, 0.29) is 11.5 Å². The summed E-state index contributed by atoms with van der Waals surface area (Å²) in [6, 6.07) is 15.1. The van der Waals surface area contributed by atoms with E-state index in [4.69, 9.17) is 4.74 Å². The lowest BCUT2D eigenvalue weighted by Gasteiger charge is -2.36. The standard InChI is InChI=1S/C23H23N5O3/c1-25-20-15-16(7-8-17(20)28-19(23(25)30)9-10-24-28)22(29)27-13-11-26(12-14-27)18-5-3-4-6-21(18)31-2/h3-10,15H,11-14H2,1-2H3. The van der Waals surface area contributed by atoms with E-state index >= 15 is 0 Å². The van der Waals surface area contributed by atoms with Crippen molar-refractivity contribution in [2.75, 3.05) is 38.2 Å². The first-order chi connectivity index (χ1) is 15.1. The highest BCUT2D eigenvalue weighted by molar-refractivity contribution is 5.97. The first-order valence-electron chi connectivity index (χ1n) is 10.2. The summed E-state index contributed by atoms with van der Waals surface area (Å²) in [7, 11) is 3.39. The van der Waals surface area contributed by atoms with Gasteiger partial charge in [0.1, 0.15) is 11.3 Å². The van der Waals surface area contributed by atoms with Crippen molar-refractivity contribution in [1.29, 1.82) is 0 Å². The van der Waals surface area contributed by atoms with E-state index in [9.17, 15) is 9.59 Å². The second kappa shape index (κ2) is 7.46. The molecule has 8 nitrogen and oxygen atoms in total. The maximum Gasteiger partial charge on any atom is 0.276 e. The second-order valence-electron chi connectivity index (χ2n) is 7.65. The predicted molar refractivity (Wildman–Crippen MR) is 119 cm³/mol. The lowest BCUT2D eigenvalue weighted by Crippen LogP contribution is -2.48. The zero-order chi connectivity index (χ0) is 21.5. The molecular formula is C23H23N5O3. The molecule has 2 aromatic carbocycles. The Morgan fingerprint density at radius 2 is 1.74 bits per heavy atom. The number of carbonyl (C=O) groups is 1. The Morgan fingerprint density at radius 3 is 2.52 bits per heavy atom. The Labute approximate surface area is 178 Å². The van der Waals surface area contributed by atoms with Gasteiger partial charge >= 0.3 is 0 Å². The number of ether oxygens (including phenoxy) is 1. The topological polar surface area (TPSA) is 72.1 Å². The summed E-state index contributed by atoms with van der Waals surface area (Å²) < 4.78 is 8.67. The van der Waals surface area contributed by atoms with Gasteiger partial charge in [-0.15, -0.1) is 0 Å². The van der Waals surface area contributed by atoms with E-state index in [1.54, 1.807) is 41.6 Å². The summed E-state index contributed by atoms with van der Waals surface area (Å²) in [5.41, 5.74) is 3.46. The predicted octanol–water partition coefficient (Wildman–Crippen LogP) is 2.16. The number of aryl methyl sites for hydroxylation is 1. The molecule has 0 atom stereocenters. The van der Waals surface area contributed by atoms with Crippen LogP contribution >= 0.6 is 0 Å². The monoisotopic (exact) mass is 417 g/mol. The highest BCUT2D eigenvalue weighted by Gasteiger charge is 2.24. The van der Waals surface area contributed by atoms with Gasteiger partial charge in [-0.05, 0) is 36.4 Å². The maximum atomic E-state index is 13.2. The van der Waals surface area contributed by atoms with E-state index in [1.807, 2.05) is 41.3 Å². The van der Waals surface area contributed by atoms with Gasteiger partial charge in [0.15, 0.2) is 0 Å². The quantitative estimate of drug-likeness (QED) is 0.511. The van der Waals surface area contributed by atoms with Crippen LogP contribution in [0.1, 0.15) is 10.4 Å². The van der Waals surface area contributed by atoms with Gasteiger partial charge in [-0.3, -0.25) is 9.59 Å². The number of hydrogen-bond donors (Lipinski definition) is 0. The van der Waals surface area contributed by atoms with Crippen LogP contribution in [0.15, 0.2) is 59.5 Å². The molecule has 1 saturated heterocycles.